The molecule has 5 nitrogen and oxygen atoms in total. The Bertz CT molecular complexity index is 573. The summed E-state index contributed by atoms with van der Waals surface area (Å²) in [5.74, 6) is 1.63. The summed E-state index contributed by atoms with van der Waals surface area (Å²) >= 11 is 0. The molecular weight excluding hydrogens is 266 g/mol. The fraction of sp³-hybridized carbons (Fsp3) is 0.375. The van der Waals surface area contributed by atoms with Gasteiger partial charge in [0.2, 0.25) is 5.91 Å². The van der Waals surface area contributed by atoms with Gasteiger partial charge in [0.25, 0.3) is 0 Å². The summed E-state index contributed by atoms with van der Waals surface area (Å²) < 4.78 is 5.65. The Hall–Kier alpha value is -2.30. The molecular formula is C16H21N3O2. The average Bonchev–Trinajstić information content (AvgIpc) is 2.90. The van der Waals surface area contributed by atoms with Crippen LogP contribution < -0.4 is 4.74 Å². The molecule has 0 aliphatic rings. The Morgan fingerprint density at radius 2 is 2.00 bits per heavy atom. The third-order valence-corrected chi connectivity index (χ3v) is 3.15. The van der Waals surface area contributed by atoms with E-state index in [1.807, 2.05) is 26.0 Å². The molecule has 112 valence electrons. The molecule has 2 rings (SSSR count). The maximum Gasteiger partial charge on any atom is 0.226 e. The number of nitrogens with one attached hydrogen (secondary N) is 1. The highest BCUT2D eigenvalue weighted by Gasteiger charge is 2.10. The van der Waals surface area contributed by atoms with Crippen LogP contribution in [0, 0.1) is 13.8 Å². The van der Waals surface area contributed by atoms with Gasteiger partial charge in [-0.25, -0.2) is 4.98 Å². The van der Waals surface area contributed by atoms with Crippen molar-refractivity contribution in [2.45, 2.75) is 26.8 Å². The molecule has 0 aliphatic heterocycles. The molecule has 1 aromatic carbocycles. The highest BCUT2D eigenvalue weighted by molar-refractivity contribution is 5.75. The molecule has 2 aromatic rings. The van der Waals surface area contributed by atoms with E-state index in [4.69, 9.17) is 4.74 Å². The van der Waals surface area contributed by atoms with Gasteiger partial charge in [-0.2, -0.15) is 0 Å². The summed E-state index contributed by atoms with van der Waals surface area (Å²) in [6.45, 7) is 4.92. The smallest absolute Gasteiger partial charge is 0.226 e. The van der Waals surface area contributed by atoms with Crippen molar-refractivity contribution in [3.8, 4) is 5.75 Å². The molecule has 0 unspecified atom stereocenters. The van der Waals surface area contributed by atoms with E-state index in [1.165, 1.54) is 0 Å². The lowest BCUT2D eigenvalue weighted by Crippen LogP contribution is -2.27. The Kier molecular flexibility index (Phi) is 4.98. The molecule has 21 heavy (non-hydrogen) atoms. The minimum Gasteiger partial charge on any atom is -0.493 e. The van der Waals surface area contributed by atoms with Gasteiger partial charge in [0.1, 0.15) is 11.6 Å². The van der Waals surface area contributed by atoms with E-state index in [2.05, 4.69) is 16.0 Å². The number of nitrogens with zero attached hydrogens (tertiary/aromatic N) is 2. The lowest BCUT2D eigenvalue weighted by atomic mass is 10.1. The molecule has 1 amide bonds. The van der Waals surface area contributed by atoms with Crippen molar-refractivity contribution in [2.75, 3.05) is 13.7 Å². The van der Waals surface area contributed by atoms with Crippen LogP contribution in [0.3, 0.4) is 0 Å². The van der Waals surface area contributed by atoms with Gasteiger partial charge in [0, 0.05) is 19.4 Å². The Balaban J connectivity index is 1.78. The van der Waals surface area contributed by atoms with Gasteiger partial charge in [-0.15, -0.1) is 0 Å². The number of carbonyl (C=O) groups is 1. The van der Waals surface area contributed by atoms with E-state index in [9.17, 15) is 4.79 Å². The summed E-state index contributed by atoms with van der Waals surface area (Å²) in [7, 11) is 1.77. The van der Waals surface area contributed by atoms with Crippen molar-refractivity contribution in [1.82, 2.24) is 14.9 Å². The maximum absolute atomic E-state index is 12.0. The fourth-order valence-corrected chi connectivity index (χ4v) is 2.16. The Labute approximate surface area is 125 Å². The number of hydrogen-bond acceptors (Lipinski definition) is 3. The van der Waals surface area contributed by atoms with Crippen LogP contribution in [0.5, 0.6) is 5.75 Å². The zero-order chi connectivity index (χ0) is 15.2. The number of carbonyl (C=O) groups excluding carboxylic acids is 1. The summed E-state index contributed by atoms with van der Waals surface area (Å²) in [5.41, 5.74) is 2.32. The molecule has 0 atom stereocenters. The predicted molar refractivity (Wildman–Crippen MR) is 81.1 cm³/mol. The van der Waals surface area contributed by atoms with Gasteiger partial charge in [0.05, 0.1) is 19.6 Å². The highest BCUT2D eigenvalue weighted by atomic mass is 16.5. The topological polar surface area (TPSA) is 58.2 Å². The number of aryl methyl sites for hydroxylation is 2. The molecule has 0 radical (unpaired) electrons. The number of aromatic nitrogens is 2. The monoisotopic (exact) mass is 287 g/mol. The van der Waals surface area contributed by atoms with Gasteiger partial charge >= 0.3 is 0 Å². The molecule has 0 aliphatic carbocycles. The number of rotatable bonds is 6. The zero-order valence-electron chi connectivity index (χ0n) is 12.7. The number of amides is 1. The first-order valence-corrected chi connectivity index (χ1v) is 6.98. The van der Waals surface area contributed by atoms with Gasteiger partial charge in [-0.1, -0.05) is 6.07 Å². The van der Waals surface area contributed by atoms with Crippen LogP contribution in [0.1, 0.15) is 23.4 Å². The normalized spacial score (nSPS) is 10.4. The summed E-state index contributed by atoms with van der Waals surface area (Å²) in [4.78, 5) is 20.7. The lowest BCUT2D eigenvalue weighted by Gasteiger charge is -2.16. The number of H-pyrrole nitrogens is 1. The second-order valence-electron chi connectivity index (χ2n) is 5.21. The van der Waals surface area contributed by atoms with Crippen molar-refractivity contribution in [1.29, 1.82) is 0 Å². The SMILES string of the molecule is Cc1cc(C)cc(OCCC(=O)N(C)Cc2ncc[nH]2)c1. The van der Waals surface area contributed by atoms with Crippen LogP contribution >= 0.6 is 0 Å². The quantitative estimate of drug-likeness (QED) is 0.888. The second kappa shape index (κ2) is 6.92. The average molecular weight is 287 g/mol. The highest BCUT2D eigenvalue weighted by Crippen LogP contribution is 2.16. The van der Waals surface area contributed by atoms with Crippen molar-refractivity contribution in [3.05, 3.63) is 47.5 Å². The van der Waals surface area contributed by atoms with E-state index in [0.717, 1.165) is 22.7 Å². The molecule has 0 fully saturated rings. The molecule has 1 heterocycles. The first-order chi connectivity index (χ1) is 10.0. The first-order valence-electron chi connectivity index (χ1n) is 6.98. The minimum atomic E-state index is 0.0378. The van der Waals surface area contributed by atoms with Gasteiger partial charge in [0.15, 0.2) is 0 Å². The van der Waals surface area contributed by atoms with Crippen LogP contribution in [0.25, 0.3) is 0 Å². The van der Waals surface area contributed by atoms with Crippen molar-refractivity contribution in [2.24, 2.45) is 0 Å². The summed E-state index contributed by atoms with van der Waals surface area (Å²) in [6, 6.07) is 6.04. The number of benzene rings is 1. The van der Waals surface area contributed by atoms with E-state index in [-0.39, 0.29) is 5.91 Å². The third-order valence-electron chi connectivity index (χ3n) is 3.15. The van der Waals surface area contributed by atoms with Gasteiger partial charge < -0.3 is 14.6 Å². The second-order valence-corrected chi connectivity index (χ2v) is 5.21. The van der Waals surface area contributed by atoms with Crippen LogP contribution in [0.4, 0.5) is 0 Å². The fourth-order valence-electron chi connectivity index (χ4n) is 2.16. The molecule has 0 saturated carbocycles. The third kappa shape index (κ3) is 4.63. The predicted octanol–water partition coefficient (Wildman–Crippen LogP) is 2.45. The molecule has 5 heteroatoms. The number of hydrogen-bond donors (Lipinski definition) is 1. The molecule has 0 bridgehead atoms. The first kappa shape index (κ1) is 15.1. The number of imidazole rings is 1. The van der Waals surface area contributed by atoms with E-state index in [1.54, 1.807) is 24.3 Å². The molecule has 1 aromatic heterocycles. The Morgan fingerprint density at radius 1 is 1.29 bits per heavy atom. The summed E-state index contributed by atoms with van der Waals surface area (Å²) in [6.07, 6.45) is 3.78. The van der Waals surface area contributed by atoms with Crippen molar-refractivity contribution < 1.29 is 9.53 Å². The van der Waals surface area contributed by atoms with E-state index in [0.29, 0.717) is 19.6 Å². The van der Waals surface area contributed by atoms with Crippen LogP contribution in [0.2, 0.25) is 0 Å². The van der Waals surface area contributed by atoms with E-state index >= 15 is 0 Å². The van der Waals surface area contributed by atoms with Crippen LogP contribution in [-0.4, -0.2) is 34.4 Å². The van der Waals surface area contributed by atoms with Crippen molar-refractivity contribution in [3.63, 3.8) is 0 Å². The largest absolute Gasteiger partial charge is 0.493 e. The standard InChI is InChI=1S/C16H21N3O2/c1-12-8-13(2)10-14(9-12)21-7-4-16(20)19(3)11-15-17-5-6-18-15/h5-6,8-10H,4,7,11H2,1-3H3,(H,17,18). The Morgan fingerprint density at radius 3 is 2.62 bits per heavy atom. The lowest BCUT2D eigenvalue weighted by molar-refractivity contribution is -0.131. The van der Waals surface area contributed by atoms with E-state index < -0.39 is 0 Å². The molecule has 0 spiro atoms. The zero-order valence-corrected chi connectivity index (χ0v) is 12.7. The maximum atomic E-state index is 12.0. The van der Waals surface area contributed by atoms with Gasteiger partial charge in [-0.05, 0) is 37.1 Å². The molecule has 1 N–H and O–H groups in total. The minimum absolute atomic E-state index is 0.0378. The van der Waals surface area contributed by atoms with Crippen LogP contribution in [-0.2, 0) is 11.3 Å². The van der Waals surface area contributed by atoms with Crippen LogP contribution in [0.15, 0.2) is 30.6 Å². The summed E-state index contributed by atoms with van der Waals surface area (Å²) in [5, 5.41) is 0. The van der Waals surface area contributed by atoms with Crippen molar-refractivity contribution >= 4 is 5.91 Å². The number of aromatic amines is 1. The molecule has 0 saturated heterocycles. The van der Waals surface area contributed by atoms with Gasteiger partial charge in [-0.3, -0.25) is 4.79 Å². The number of ether oxygens (including phenoxy) is 1.